The van der Waals surface area contributed by atoms with E-state index < -0.39 is 7.82 Å². The van der Waals surface area contributed by atoms with Crippen LogP contribution in [0.3, 0.4) is 0 Å². The molecule has 0 aliphatic heterocycles. The van der Waals surface area contributed by atoms with E-state index >= 15 is 0 Å². The average molecular weight is 291 g/mol. The van der Waals surface area contributed by atoms with Crippen molar-refractivity contribution in [1.82, 2.24) is 4.90 Å². The van der Waals surface area contributed by atoms with Gasteiger partial charge in [-0.25, -0.2) is 0 Å². The molecule has 0 saturated heterocycles. The Morgan fingerprint density at radius 1 is 1.33 bits per heavy atom. The van der Waals surface area contributed by atoms with Crippen molar-refractivity contribution in [2.75, 3.05) is 33.9 Å². The van der Waals surface area contributed by atoms with Crippen molar-refractivity contribution in [3.63, 3.8) is 0 Å². The van der Waals surface area contributed by atoms with Crippen LogP contribution in [0.5, 0.6) is 0 Å². The van der Waals surface area contributed by atoms with Gasteiger partial charge >= 0.3 is 103 Å². The molecule has 0 radical (unpaired) electrons. The first kappa shape index (κ1) is 26.8. The van der Waals surface area contributed by atoms with E-state index in [-0.39, 0.29) is 116 Å². The number of aliphatic hydroxyl groups is 1. The molecule has 0 aromatic rings. The second-order valence-corrected chi connectivity index (χ2v) is 3.54. The molecule has 82 valence electrons. The molecule has 0 unspecified atom stereocenters. The molecule has 6 nitrogen and oxygen atoms in total. The second kappa shape index (κ2) is 17.3. The third kappa shape index (κ3) is 38.2. The molecule has 0 aliphatic rings. The first-order valence-electron chi connectivity index (χ1n) is 3.75. The van der Waals surface area contributed by atoms with Gasteiger partial charge in [-0.3, -0.25) is 0 Å². The topological polar surface area (TPSA) is 95.9 Å². The Bertz CT molecular complexity index is 154. The Morgan fingerprint density at radius 2 is 1.73 bits per heavy atom. The van der Waals surface area contributed by atoms with E-state index in [0.717, 1.165) is 6.54 Å². The van der Waals surface area contributed by atoms with Gasteiger partial charge in [-0.1, -0.05) is 0 Å². The van der Waals surface area contributed by atoms with E-state index in [4.69, 9.17) is 5.11 Å². The van der Waals surface area contributed by atoms with E-state index in [0.29, 0.717) is 0 Å². The van der Waals surface area contributed by atoms with Crippen LogP contribution in [-0.2, 0) is 9.09 Å². The Balaban J connectivity index is -0.0000000718. The van der Waals surface area contributed by atoms with E-state index in [1.165, 1.54) is 6.92 Å². The fraction of sp³-hybridized carbons (Fsp3) is 1.00. The summed E-state index contributed by atoms with van der Waals surface area (Å²) in [5, 5.41) is 8.20. The molecule has 0 aromatic heterocycles. The number of aliphatic hydroxyl groups excluding tert-OH is 1. The van der Waals surface area contributed by atoms with Crippen molar-refractivity contribution in [2.24, 2.45) is 0 Å². The molecule has 0 aliphatic carbocycles. The van der Waals surface area contributed by atoms with Crippen LogP contribution in [0.2, 0.25) is 0 Å². The van der Waals surface area contributed by atoms with Gasteiger partial charge < -0.3 is 28.9 Å². The third-order valence-corrected chi connectivity index (χ3v) is 1.41. The Kier molecular flexibility index (Phi) is 30.9. The zero-order valence-electron chi connectivity index (χ0n) is 10.1. The van der Waals surface area contributed by atoms with E-state index in [1.54, 1.807) is 0 Å². The number of hydrogen-bond acceptors (Lipinski definition) is 6. The average Bonchev–Trinajstić information content (AvgIpc) is 1.84. The summed E-state index contributed by atoms with van der Waals surface area (Å²) >= 11 is 0. The van der Waals surface area contributed by atoms with Crippen LogP contribution in [0.4, 0.5) is 0 Å². The van der Waals surface area contributed by atoms with Crippen molar-refractivity contribution < 1.29 is 127 Å². The quantitative estimate of drug-likeness (QED) is 0.408. The minimum absolute atomic E-state index is 0. The van der Waals surface area contributed by atoms with Crippen LogP contribution in [0.25, 0.3) is 0 Å². The summed E-state index contributed by atoms with van der Waals surface area (Å²) in [6.45, 7) is 2.37. The fourth-order valence-electron chi connectivity index (χ4n) is 0.358. The molecular weight excluding hydrogens is 275 g/mol. The maximum Gasteiger partial charge on any atom is 1.00 e. The largest absolute Gasteiger partial charge is 1.00 e. The predicted molar refractivity (Wildman–Crippen MR) is 44.9 cm³/mol. The fourth-order valence-corrected chi connectivity index (χ4v) is 0.674. The number of likely N-dealkylation sites (N-methyl/N-ethyl adjacent to an activating group) is 1. The summed E-state index contributed by atoms with van der Waals surface area (Å²) in [6.07, 6.45) is 0. The van der Waals surface area contributed by atoms with Crippen LogP contribution in [-0.4, -0.2) is 43.9 Å². The predicted octanol–water partition coefficient (Wildman–Crippen LogP) is -7.60. The molecule has 0 rings (SSSR count). The summed E-state index contributed by atoms with van der Waals surface area (Å²) in [4.78, 5) is 20.9. The van der Waals surface area contributed by atoms with Gasteiger partial charge in [0.05, 0.1) is 14.4 Å². The Morgan fingerprint density at radius 3 is 1.73 bits per heavy atom. The van der Waals surface area contributed by atoms with Crippen molar-refractivity contribution in [2.45, 2.75) is 6.92 Å². The second-order valence-electron chi connectivity index (χ2n) is 2.39. The molecule has 0 fully saturated rings. The van der Waals surface area contributed by atoms with Gasteiger partial charge in [-0.15, -0.1) is 0 Å². The van der Waals surface area contributed by atoms with Gasteiger partial charge in [0.15, 0.2) is 0 Å². The summed E-state index contributed by atoms with van der Waals surface area (Å²) < 4.78 is 13.2. The minimum Gasteiger partial charge on any atom is -0.790 e. The summed E-state index contributed by atoms with van der Waals surface area (Å²) in [6, 6.07) is 0. The first-order chi connectivity index (χ1) is 5.83. The molecule has 1 N–H and O–H groups in total. The molecule has 0 heterocycles. The van der Waals surface area contributed by atoms with Gasteiger partial charge in [-0.05, 0) is 21.0 Å². The minimum atomic E-state index is -4.67. The van der Waals surface area contributed by atoms with Crippen molar-refractivity contribution in [3.05, 3.63) is 0 Å². The third-order valence-electron chi connectivity index (χ3n) is 0.834. The maximum absolute atomic E-state index is 9.48. The number of hydrogen-bond donors (Lipinski definition) is 1. The van der Waals surface area contributed by atoms with Crippen LogP contribution in [0.1, 0.15) is 6.92 Å². The monoisotopic (exact) mass is 291 g/mol. The van der Waals surface area contributed by atoms with Crippen molar-refractivity contribution >= 4 is 7.82 Å². The SMILES string of the molecule is CCOP(=O)([O-])[O-].CN(C)CCO.[K+].[K+]. The molecule has 0 amide bonds. The van der Waals surface area contributed by atoms with Crippen LogP contribution in [0.15, 0.2) is 0 Å². The molecule has 0 saturated carbocycles. The maximum atomic E-state index is 9.48. The van der Waals surface area contributed by atoms with Crippen molar-refractivity contribution in [1.29, 1.82) is 0 Å². The van der Waals surface area contributed by atoms with E-state index in [1.807, 2.05) is 19.0 Å². The Labute approximate surface area is 176 Å². The van der Waals surface area contributed by atoms with Crippen LogP contribution in [0, 0.1) is 0 Å². The number of rotatable bonds is 4. The molecule has 15 heavy (non-hydrogen) atoms. The summed E-state index contributed by atoms with van der Waals surface area (Å²) in [5.74, 6) is 0. The molecule has 0 atom stereocenters. The number of phosphoric acid groups is 1. The first-order valence-corrected chi connectivity index (χ1v) is 5.21. The van der Waals surface area contributed by atoms with Crippen LogP contribution >= 0.6 is 7.82 Å². The molecular formula is C6H16K2NO5P. The summed E-state index contributed by atoms with van der Waals surface area (Å²) in [7, 11) is -0.812. The van der Waals surface area contributed by atoms with Crippen LogP contribution < -0.4 is 113 Å². The molecule has 0 aromatic carbocycles. The van der Waals surface area contributed by atoms with Gasteiger partial charge in [0, 0.05) is 13.2 Å². The standard InChI is InChI=1S/C4H11NO.C2H7O4P.2K/c1-5(2)3-4-6;1-2-6-7(3,4)5;;/h6H,3-4H2,1-2H3;2H2,1H3,(H2,3,4,5);;/q;;2*+1/p-2. The van der Waals surface area contributed by atoms with Gasteiger partial charge in [0.1, 0.15) is 0 Å². The normalized spacial score (nSPS) is 9.53. The van der Waals surface area contributed by atoms with E-state index in [9.17, 15) is 14.4 Å². The van der Waals surface area contributed by atoms with Gasteiger partial charge in [0.2, 0.25) is 0 Å². The van der Waals surface area contributed by atoms with E-state index in [2.05, 4.69) is 4.52 Å². The molecule has 0 spiro atoms. The van der Waals surface area contributed by atoms with Crippen molar-refractivity contribution in [3.8, 4) is 0 Å². The van der Waals surface area contributed by atoms with Gasteiger partial charge in [-0.2, -0.15) is 0 Å². The molecule has 0 bridgehead atoms. The zero-order valence-corrected chi connectivity index (χ0v) is 17.2. The number of nitrogens with zero attached hydrogens (tertiary/aromatic N) is 1. The van der Waals surface area contributed by atoms with Gasteiger partial charge in [0.25, 0.3) is 0 Å². The smallest absolute Gasteiger partial charge is 0.790 e. The Hall–Kier alpha value is 3.30. The number of phosphoric ester groups is 1. The molecule has 9 heteroatoms. The summed E-state index contributed by atoms with van der Waals surface area (Å²) in [5.41, 5.74) is 0. The zero-order chi connectivity index (χ0) is 10.9.